The first-order valence-corrected chi connectivity index (χ1v) is 16.4. The molecule has 246 valence electrons. The molecule has 1 aromatic heterocycles. The molecule has 1 aliphatic rings. The minimum Gasteiger partial charge on any atom is -0.478 e. The summed E-state index contributed by atoms with van der Waals surface area (Å²) in [4.78, 5) is 47.3. The van der Waals surface area contributed by atoms with Crippen LogP contribution in [0, 0.1) is 11.7 Å². The number of likely N-dealkylation sites (tertiary alicyclic amines) is 1. The SMILES string of the molecule is CN(CC(CCN1CCC(C(=O)c2nc3ccccc3n2Cc2ccc(C(=O)O)cc2)CC1)c1ccc(F)cc1)C(=O)c1ccccc1. The van der Waals surface area contributed by atoms with Crippen molar-refractivity contribution in [3.8, 4) is 0 Å². The summed E-state index contributed by atoms with van der Waals surface area (Å²) in [5, 5.41) is 9.28. The summed E-state index contributed by atoms with van der Waals surface area (Å²) in [7, 11) is 1.81. The number of benzene rings is 4. The Morgan fingerprint density at radius 1 is 0.875 bits per heavy atom. The number of Topliss-reactive ketones (excluding diaryl/α,β-unsaturated/α-hetero) is 1. The van der Waals surface area contributed by atoms with Crippen LogP contribution in [0.15, 0.2) is 103 Å². The smallest absolute Gasteiger partial charge is 0.335 e. The lowest BCUT2D eigenvalue weighted by Gasteiger charge is -2.33. The van der Waals surface area contributed by atoms with Crippen LogP contribution < -0.4 is 0 Å². The number of piperidine rings is 1. The van der Waals surface area contributed by atoms with Gasteiger partial charge >= 0.3 is 5.97 Å². The molecule has 1 saturated heterocycles. The molecular weight excluding hydrogens is 607 g/mol. The second kappa shape index (κ2) is 14.7. The molecule has 9 heteroatoms. The first-order chi connectivity index (χ1) is 23.3. The molecule has 1 N–H and O–H groups in total. The van der Waals surface area contributed by atoms with Crippen LogP contribution in [0.25, 0.3) is 11.0 Å². The highest BCUT2D eigenvalue weighted by Gasteiger charge is 2.30. The van der Waals surface area contributed by atoms with Crippen molar-refractivity contribution >= 4 is 28.7 Å². The highest BCUT2D eigenvalue weighted by molar-refractivity contribution is 5.98. The number of likely N-dealkylation sites (N-methyl/N-ethyl adjacent to an activating group) is 1. The predicted octanol–water partition coefficient (Wildman–Crippen LogP) is 6.76. The number of fused-ring (bicyclic) bond motifs is 1. The molecule has 1 unspecified atom stereocenters. The average Bonchev–Trinajstić information content (AvgIpc) is 3.48. The fourth-order valence-corrected chi connectivity index (χ4v) is 6.61. The number of aromatic nitrogens is 2. The van der Waals surface area contributed by atoms with E-state index in [1.807, 2.05) is 59.2 Å². The fourth-order valence-electron chi connectivity index (χ4n) is 6.61. The lowest BCUT2D eigenvalue weighted by Crippen LogP contribution is -2.38. The lowest BCUT2D eigenvalue weighted by atomic mass is 9.90. The number of hydrogen-bond donors (Lipinski definition) is 1. The van der Waals surface area contributed by atoms with E-state index in [9.17, 15) is 23.9 Å². The Morgan fingerprint density at radius 3 is 2.23 bits per heavy atom. The number of amides is 1. The third-order valence-electron chi connectivity index (χ3n) is 9.37. The standard InChI is InChI=1S/C39H39FN4O4/c1-42(38(46)30-7-3-2-4-8-30)26-32(28-15-17-33(40)18-16-28)21-24-43-22-19-29(20-23-43)36(45)37-41-34-9-5-6-10-35(34)44(37)25-27-11-13-31(14-12-27)39(47)48/h2-18,29,32H,19-26H2,1H3,(H,47,48). The monoisotopic (exact) mass is 646 g/mol. The van der Waals surface area contributed by atoms with E-state index in [4.69, 9.17) is 4.98 Å². The fraction of sp³-hybridized carbons (Fsp3) is 0.282. The Morgan fingerprint density at radius 2 is 1.54 bits per heavy atom. The Kier molecular flexibility index (Phi) is 10.1. The number of carboxylic acid groups (broad SMARTS) is 1. The number of aromatic carboxylic acids is 1. The van der Waals surface area contributed by atoms with Crippen molar-refractivity contribution in [2.75, 3.05) is 33.2 Å². The van der Waals surface area contributed by atoms with Gasteiger partial charge in [0.2, 0.25) is 5.78 Å². The number of ketones is 1. The number of para-hydroxylation sites is 2. The van der Waals surface area contributed by atoms with Gasteiger partial charge in [-0.1, -0.05) is 54.6 Å². The molecule has 4 aromatic carbocycles. The minimum atomic E-state index is -0.978. The van der Waals surface area contributed by atoms with Crippen LogP contribution in [0.4, 0.5) is 4.39 Å². The van der Waals surface area contributed by atoms with E-state index in [-0.39, 0.29) is 34.9 Å². The second-order valence-electron chi connectivity index (χ2n) is 12.6. The van der Waals surface area contributed by atoms with Crippen LogP contribution in [0.1, 0.15) is 67.6 Å². The molecule has 1 fully saturated rings. The van der Waals surface area contributed by atoms with E-state index >= 15 is 0 Å². The van der Waals surface area contributed by atoms with E-state index in [0.29, 0.717) is 37.3 Å². The van der Waals surface area contributed by atoms with Crippen molar-refractivity contribution in [2.45, 2.75) is 31.7 Å². The second-order valence-corrected chi connectivity index (χ2v) is 12.6. The summed E-state index contributed by atoms with van der Waals surface area (Å²) in [6.45, 7) is 3.24. The molecule has 1 aliphatic heterocycles. The molecule has 0 aliphatic carbocycles. The highest BCUT2D eigenvalue weighted by atomic mass is 19.1. The number of nitrogens with zero attached hydrogens (tertiary/aromatic N) is 4. The third kappa shape index (κ3) is 7.52. The van der Waals surface area contributed by atoms with Gasteiger partial charge in [-0.05, 0) is 98.6 Å². The zero-order valence-corrected chi connectivity index (χ0v) is 27.0. The van der Waals surface area contributed by atoms with Crippen LogP contribution in [-0.4, -0.2) is 75.3 Å². The van der Waals surface area contributed by atoms with Crippen LogP contribution in [0.5, 0.6) is 0 Å². The van der Waals surface area contributed by atoms with Crippen LogP contribution in [-0.2, 0) is 6.54 Å². The van der Waals surface area contributed by atoms with Gasteiger partial charge in [-0.2, -0.15) is 0 Å². The Hall–Kier alpha value is -5.15. The lowest BCUT2D eigenvalue weighted by molar-refractivity contribution is 0.0695. The largest absolute Gasteiger partial charge is 0.478 e. The van der Waals surface area contributed by atoms with Gasteiger partial charge in [0.05, 0.1) is 16.6 Å². The zero-order valence-electron chi connectivity index (χ0n) is 27.0. The first-order valence-electron chi connectivity index (χ1n) is 16.4. The molecule has 0 saturated carbocycles. The predicted molar refractivity (Wildman–Crippen MR) is 183 cm³/mol. The Balaban J connectivity index is 1.11. The van der Waals surface area contributed by atoms with E-state index in [2.05, 4.69) is 4.90 Å². The normalized spacial score (nSPS) is 14.5. The molecule has 6 rings (SSSR count). The van der Waals surface area contributed by atoms with E-state index in [0.717, 1.165) is 48.2 Å². The van der Waals surface area contributed by atoms with Gasteiger partial charge in [0.25, 0.3) is 5.91 Å². The Bertz CT molecular complexity index is 1880. The van der Waals surface area contributed by atoms with Gasteiger partial charge in [0, 0.05) is 37.5 Å². The maximum Gasteiger partial charge on any atom is 0.335 e. The number of halogens is 1. The molecule has 48 heavy (non-hydrogen) atoms. The molecule has 2 heterocycles. The van der Waals surface area contributed by atoms with Crippen molar-refractivity contribution in [1.29, 1.82) is 0 Å². The van der Waals surface area contributed by atoms with Crippen molar-refractivity contribution in [3.63, 3.8) is 0 Å². The number of rotatable bonds is 12. The summed E-state index contributed by atoms with van der Waals surface area (Å²) in [6, 6.07) is 30.2. The maximum atomic E-state index is 14.0. The van der Waals surface area contributed by atoms with Gasteiger partial charge in [0.1, 0.15) is 5.82 Å². The number of carbonyl (C=O) groups excluding carboxylic acids is 2. The molecule has 0 bridgehead atoms. The van der Waals surface area contributed by atoms with Crippen molar-refractivity contribution in [2.24, 2.45) is 5.92 Å². The average molecular weight is 647 g/mol. The first kappa shape index (κ1) is 32.8. The third-order valence-corrected chi connectivity index (χ3v) is 9.37. The van der Waals surface area contributed by atoms with Crippen molar-refractivity contribution in [1.82, 2.24) is 19.4 Å². The summed E-state index contributed by atoms with van der Waals surface area (Å²) < 4.78 is 15.7. The number of imidazole rings is 1. The molecule has 1 atom stereocenters. The van der Waals surface area contributed by atoms with Crippen LogP contribution >= 0.6 is 0 Å². The maximum absolute atomic E-state index is 14.0. The van der Waals surface area contributed by atoms with Gasteiger partial charge in [-0.3, -0.25) is 9.59 Å². The summed E-state index contributed by atoms with van der Waals surface area (Å²) >= 11 is 0. The van der Waals surface area contributed by atoms with Crippen molar-refractivity contribution in [3.05, 3.63) is 137 Å². The quantitative estimate of drug-likeness (QED) is 0.151. The Labute approximate surface area is 279 Å². The van der Waals surface area contributed by atoms with Gasteiger partial charge in [-0.25, -0.2) is 14.2 Å². The number of carbonyl (C=O) groups is 3. The highest BCUT2D eigenvalue weighted by Crippen LogP contribution is 2.28. The summed E-state index contributed by atoms with van der Waals surface area (Å²) in [5.41, 5.74) is 4.35. The van der Waals surface area contributed by atoms with Crippen LogP contribution in [0.3, 0.4) is 0 Å². The topological polar surface area (TPSA) is 95.7 Å². The van der Waals surface area contributed by atoms with Gasteiger partial charge in [0.15, 0.2) is 5.82 Å². The zero-order chi connectivity index (χ0) is 33.6. The molecule has 5 aromatic rings. The molecule has 8 nitrogen and oxygen atoms in total. The molecular formula is C39H39FN4O4. The summed E-state index contributed by atoms with van der Waals surface area (Å²) in [6.07, 6.45) is 2.21. The van der Waals surface area contributed by atoms with E-state index in [1.54, 1.807) is 48.3 Å². The van der Waals surface area contributed by atoms with Crippen LogP contribution in [0.2, 0.25) is 0 Å². The molecule has 1 amide bonds. The van der Waals surface area contributed by atoms with Gasteiger partial charge < -0.3 is 19.5 Å². The number of hydrogen-bond acceptors (Lipinski definition) is 5. The van der Waals surface area contributed by atoms with E-state index in [1.165, 1.54) is 12.1 Å². The molecule has 0 spiro atoms. The van der Waals surface area contributed by atoms with Crippen molar-refractivity contribution < 1.29 is 23.9 Å². The minimum absolute atomic E-state index is 0.0205. The van der Waals surface area contributed by atoms with E-state index < -0.39 is 5.97 Å². The molecule has 0 radical (unpaired) electrons. The van der Waals surface area contributed by atoms with Gasteiger partial charge in [-0.15, -0.1) is 0 Å². The summed E-state index contributed by atoms with van der Waals surface area (Å²) in [5.74, 6) is -1.00. The number of carboxylic acids is 1.